The van der Waals surface area contributed by atoms with E-state index >= 15 is 0 Å². The molecule has 1 heterocycles. The first-order chi connectivity index (χ1) is 10.8. The third-order valence-corrected chi connectivity index (χ3v) is 4.73. The number of likely N-dealkylation sites (tertiary alicyclic amines) is 1. The zero-order chi connectivity index (χ0) is 17.0. The van der Waals surface area contributed by atoms with Crippen LogP contribution in [-0.4, -0.2) is 56.5 Å². The first-order valence-electron chi connectivity index (χ1n) is 8.51. The molecule has 1 aliphatic rings. The molecular formula is C19H33IN4. The molecule has 0 amide bonds. The third kappa shape index (κ3) is 5.62. The summed E-state index contributed by atoms with van der Waals surface area (Å²) in [7, 11) is 6.14. The first-order valence-corrected chi connectivity index (χ1v) is 8.51. The minimum absolute atomic E-state index is 0. The highest BCUT2D eigenvalue weighted by Crippen LogP contribution is 2.28. The molecule has 1 atom stereocenters. The van der Waals surface area contributed by atoms with E-state index in [4.69, 9.17) is 0 Å². The van der Waals surface area contributed by atoms with Crippen LogP contribution in [0.1, 0.15) is 37.4 Å². The largest absolute Gasteiger partial charge is 0.354 e. The fourth-order valence-corrected chi connectivity index (χ4v) is 3.20. The van der Waals surface area contributed by atoms with Gasteiger partial charge in [0.05, 0.1) is 6.04 Å². The van der Waals surface area contributed by atoms with E-state index in [0.29, 0.717) is 11.5 Å². The second kappa shape index (κ2) is 9.04. The number of nitrogens with zero attached hydrogens (tertiary/aromatic N) is 3. The number of hydrogen-bond acceptors (Lipinski definition) is 2. The van der Waals surface area contributed by atoms with Crippen molar-refractivity contribution in [2.24, 2.45) is 10.4 Å². The van der Waals surface area contributed by atoms with Gasteiger partial charge in [-0.15, -0.1) is 24.0 Å². The van der Waals surface area contributed by atoms with Crippen LogP contribution in [0.5, 0.6) is 0 Å². The molecule has 5 heteroatoms. The van der Waals surface area contributed by atoms with Gasteiger partial charge in [-0.05, 0) is 38.4 Å². The van der Waals surface area contributed by atoms with Crippen molar-refractivity contribution in [3.8, 4) is 0 Å². The number of guanidine groups is 1. The molecule has 1 saturated heterocycles. The Balaban J connectivity index is 0.00000288. The van der Waals surface area contributed by atoms with Gasteiger partial charge >= 0.3 is 0 Å². The predicted octanol–water partition coefficient (Wildman–Crippen LogP) is 3.52. The molecule has 0 saturated carbocycles. The topological polar surface area (TPSA) is 30.9 Å². The molecule has 1 aromatic carbocycles. The smallest absolute Gasteiger partial charge is 0.193 e. The van der Waals surface area contributed by atoms with Crippen molar-refractivity contribution in [2.75, 3.05) is 40.8 Å². The highest BCUT2D eigenvalue weighted by molar-refractivity contribution is 14.0. The van der Waals surface area contributed by atoms with E-state index in [2.05, 4.69) is 79.2 Å². The average Bonchev–Trinajstić information content (AvgIpc) is 2.85. The maximum Gasteiger partial charge on any atom is 0.193 e. The maximum absolute atomic E-state index is 4.49. The summed E-state index contributed by atoms with van der Waals surface area (Å²) in [6, 6.07) is 9.16. The predicted molar refractivity (Wildman–Crippen MR) is 114 cm³/mol. The number of rotatable bonds is 4. The van der Waals surface area contributed by atoms with Crippen molar-refractivity contribution in [1.29, 1.82) is 0 Å². The van der Waals surface area contributed by atoms with Gasteiger partial charge < -0.3 is 15.1 Å². The summed E-state index contributed by atoms with van der Waals surface area (Å²) in [5, 5.41) is 3.58. The molecule has 2 rings (SSSR count). The van der Waals surface area contributed by atoms with Gasteiger partial charge in [0.25, 0.3) is 0 Å². The summed E-state index contributed by atoms with van der Waals surface area (Å²) >= 11 is 0. The van der Waals surface area contributed by atoms with Gasteiger partial charge in [0.1, 0.15) is 0 Å². The second-order valence-electron chi connectivity index (χ2n) is 7.65. The lowest BCUT2D eigenvalue weighted by atomic mass is 9.93. The van der Waals surface area contributed by atoms with Crippen molar-refractivity contribution in [1.82, 2.24) is 15.1 Å². The van der Waals surface area contributed by atoms with E-state index in [1.165, 1.54) is 17.5 Å². The Morgan fingerprint density at radius 2 is 1.92 bits per heavy atom. The normalized spacial score (nSPS) is 18.5. The number of likely N-dealkylation sites (N-methyl/N-ethyl adjacent to an activating group) is 1. The molecule has 0 radical (unpaired) electrons. The highest BCUT2D eigenvalue weighted by atomic mass is 127. The Labute approximate surface area is 164 Å². The molecule has 136 valence electrons. The minimum Gasteiger partial charge on any atom is -0.354 e. The second-order valence-corrected chi connectivity index (χ2v) is 7.65. The Morgan fingerprint density at radius 3 is 2.38 bits per heavy atom. The summed E-state index contributed by atoms with van der Waals surface area (Å²) in [5.41, 5.74) is 3.02. The van der Waals surface area contributed by atoms with E-state index < -0.39 is 0 Å². The van der Waals surface area contributed by atoms with Crippen LogP contribution in [0.25, 0.3) is 0 Å². The van der Waals surface area contributed by atoms with E-state index in [0.717, 1.165) is 25.6 Å². The molecular weight excluding hydrogens is 411 g/mol. The van der Waals surface area contributed by atoms with Gasteiger partial charge in [0.15, 0.2) is 5.96 Å². The van der Waals surface area contributed by atoms with Crippen LogP contribution >= 0.6 is 24.0 Å². The summed E-state index contributed by atoms with van der Waals surface area (Å²) < 4.78 is 0. The highest BCUT2D eigenvalue weighted by Gasteiger charge is 2.31. The number of benzene rings is 1. The van der Waals surface area contributed by atoms with Gasteiger partial charge in [-0.1, -0.05) is 43.7 Å². The Hall–Kier alpha value is -0.820. The van der Waals surface area contributed by atoms with Crippen molar-refractivity contribution >= 4 is 29.9 Å². The van der Waals surface area contributed by atoms with Gasteiger partial charge in [-0.3, -0.25) is 4.99 Å². The van der Waals surface area contributed by atoms with Crippen LogP contribution < -0.4 is 5.32 Å². The molecule has 4 nitrogen and oxygen atoms in total. The number of hydrogen-bond donors (Lipinski definition) is 1. The van der Waals surface area contributed by atoms with Crippen molar-refractivity contribution in [3.63, 3.8) is 0 Å². The van der Waals surface area contributed by atoms with Crippen LogP contribution in [0.3, 0.4) is 0 Å². The number of halogens is 1. The van der Waals surface area contributed by atoms with Gasteiger partial charge in [0, 0.05) is 26.7 Å². The van der Waals surface area contributed by atoms with Crippen LogP contribution in [0.4, 0.5) is 0 Å². The molecule has 0 aliphatic carbocycles. The summed E-state index contributed by atoms with van der Waals surface area (Å²) in [6.45, 7) is 9.81. The number of nitrogens with one attached hydrogen (secondary N) is 1. The summed E-state index contributed by atoms with van der Waals surface area (Å²) in [6.07, 6.45) is 1.22. The van der Waals surface area contributed by atoms with Crippen LogP contribution in [-0.2, 0) is 0 Å². The SMILES string of the molecule is CN=C(NCC(c1ccc(C)cc1)N(C)C)N1CCC(C)(C)C1.I. The molecule has 0 spiro atoms. The van der Waals surface area contributed by atoms with Crippen LogP contribution in [0.2, 0.25) is 0 Å². The fourth-order valence-electron chi connectivity index (χ4n) is 3.20. The molecule has 1 aliphatic heterocycles. The monoisotopic (exact) mass is 444 g/mol. The standard InChI is InChI=1S/C19H32N4.HI/c1-15-7-9-16(10-8-15)17(22(5)6)13-21-18(20-4)23-12-11-19(2,3)14-23;/h7-10,17H,11-14H2,1-6H3,(H,20,21);1H. The lowest BCUT2D eigenvalue weighted by Crippen LogP contribution is -2.44. The summed E-state index contributed by atoms with van der Waals surface area (Å²) in [4.78, 5) is 9.13. The minimum atomic E-state index is 0. The number of aliphatic imine (C=N–C) groups is 1. The zero-order valence-corrected chi connectivity index (χ0v) is 18.3. The van der Waals surface area contributed by atoms with Crippen molar-refractivity contribution in [3.05, 3.63) is 35.4 Å². The molecule has 0 bridgehead atoms. The quantitative estimate of drug-likeness (QED) is 0.438. The average molecular weight is 444 g/mol. The zero-order valence-electron chi connectivity index (χ0n) is 16.0. The van der Waals surface area contributed by atoms with Gasteiger partial charge in [-0.2, -0.15) is 0 Å². The lowest BCUT2D eigenvalue weighted by Gasteiger charge is -2.29. The molecule has 1 aromatic rings. The molecule has 1 N–H and O–H groups in total. The van der Waals surface area contributed by atoms with Crippen LogP contribution in [0.15, 0.2) is 29.3 Å². The Bertz CT molecular complexity index is 537. The van der Waals surface area contributed by atoms with Crippen molar-refractivity contribution in [2.45, 2.75) is 33.2 Å². The molecule has 24 heavy (non-hydrogen) atoms. The fraction of sp³-hybridized carbons (Fsp3) is 0.632. The Kier molecular flexibility index (Phi) is 7.99. The first kappa shape index (κ1) is 21.2. The van der Waals surface area contributed by atoms with Gasteiger partial charge in [0.2, 0.25) is 0 Å². The lowest BCUT2D eigenvalue weighted by molar-refractivity contribution is 0.294. The van der Waals surface area contributed by atoms with Crippen LogP contribution in [0, 0.1) is 12.3 Å². The van der Waals surface area contributed by atoms with E-state index in [-0.39, 0.29) is 24.0 Å². The summed E-state index contributed by atoms with van der Waals surface area (Å²) in [5.74, 6) is 1.02. The third-order valence-electron chi connectivity index (χ3n) is 4.73. The molecule has 1 unspecified atom stereocenters. The van der Waals surface area contributed by atoms with Gasteiger partial charge in [-0.25, -0.2) is 0 Å². The van der Waals surface area contributed by atoms with Crippen molar-refractivity contribution < 1.29 is 0 Å². The Morgan fingerprint density at radius 1 is 1.29 bits per heavy atom. The van der Waals surface area contributed by atoms with E-state index in [9.17, 15) is 0 Å². The molecule has 0 aromatic heterocycles. The number of aryl methyl sites for hydroxylation is 1. The van der Waals surface area contributed by atoms with E-state index in [1.54, 1.807) is 0 Å². The maximum atomic E-state index is 4.49. The van der Waals surface area contributed by atoms with E-state index in [1.807, 2.05) is 7.05 Å². The molecule has 1 fully saturated rings.